The molecule has 0 saturated carbocycles. The fraction of sp³-hybridized carbons (Fsp3) is 0.867. The molecule has 21 heavy (non-hydrogen) atoms. The van der Waals surface area contributed by atoms with Gasteiger partial charge in [-0.05, 0) is 25.7 Å². The average molecular weight is 304 g/mol. The van der Waals surface area contributed by atoms with Crippen LogP contribution in [0.15, 0.2) is 0 Å². The van der Waals surface area contributed by atoms with Crippen molar-refractivity contribution in [1.29, 1.82) is 0 Å². The van der Waals surface area contributed by atoms with Gasteiger partial charge in [0.05, 0.1) is 25.0 Å². The van der Waals surface area contributed by atoms with Gasteiger partial charge >= 0.3 is 11.9 Å². The maximum absolute atomic E-state index is 11.8. The van der Waals surface area contributed by atoms with Crippen LogP contribution in [0.3, 0.4) is 0 Å². The van der Waals surface area contributed by atoms with Gasteiger partial charge in [-0.3, -0.25) is 9.59 Å². The predicted molar refractivity (Wildman–Crippen MR) is 77.7 cm³/mol. The van der Waals surface area contributed by atoms with E-state index in [1.165, 1.54) is 0 Å². The molecule has 1 N–H and O–H groups in total. The summed E-state index contributed by atoms with van der Waals surface area (Å²) >= 11 is 0. The fourth-order valence-corrected chi connectivity index (χ4v) is 1.82. The van der Waals surface area contributed by atoms with Crippen molar-refractivity contribution >= 4 is 11.9 Å². The third-order valence-corrected chi connectivity index (χ3v) is 3.20. The van der Waals surface area contributed by atoms with E-state index in [1.54, 1.807) is 14.0 Å². The zero-order valence-corrected chi connectivity index (χ0v) is 13.3. The molecule has 0 aliphatic heterocycles. The third-order valence-electron chi connectivity index (χ3n) is 3.20. The lowest BCUT2D eigenvalue weighted by Crippen LogP contribution is -2.25. The van der Waals surface area contributed by atoms with Gasteiger partial charge in [-0.15, -0.1) is 0 Å². The first-order valence-corrected chi connectivity index (χ1v) is 7.49. The van der Waals surface area contributed by atoms with Crippen LogP contribution >= 0.6 is 0 Å². The van der Waals surface area contributed by atoms with Crippen LogP contribution in [-0.4, -0.2) is 50.6 Å². The van der Waals surface area contributed by atoms with E-state index in [0.717, 1.165) is 0 Å². The van der Waals surface area contributed by atoms with Crippen LogP contribution in [0.2, 0.25) is 0 Å². The van der Waals surface area contributed by atoms with Gasteiger partial charge in [-0.1, -0.05) is 13.8 Å². The molecule has 124 valence electrons. The number of aliphatic hydroxyl groups is 1. The van der Waals surface area contributed by atoms with Gasteiger partial charge in [-0.25, -0.2) is 0 Å². The van der Waals surface area contributed by atoms with E-state index in [9.17, 15) is 9.59 Å². The smallest absolute Gasteiger partial charge is 0.309 e. The molecule has 0 heterocycles. The molecule has 6 nitrogen and oxygen atoms in total. The van der Waals surface area contributed by atoms with E-state index in [1.807, 2.05) is 6.92 Å². The highest BCUT2D eigenvalue weighted by Crippen LogP contribution is 2.18. The molecule has 0 fully saturated rings. The molecule has 0 spiro atoms. The molecular formula is C15H28O6. The fourth-order valence-electron chi connectivity index (χ4n) is 1.82. The summed E-state index contributed by atoms with van der Waals surface area (Å²) in [6.45, 7) is 4.63. The third kappa shape index (κ3) is 9.42. The van der Waals surface area contributed by atoms with Crippen molar-refractivity contribution in [2.75, 3.05) is 33.5 Å². The summed E-state index contributed by atoms with van der Waals surface area (Å²) in [5.74, 6) is -1.26. The van der Waals surface area contributed by atoms with Gasteiger partial charge in [0.1, 0.15) is 6.61 Å². The highest BCUT2D eigenvalue weighted by Gasteiger charge is 2.25. The van der Waals surface area contributed by atoms with Gasteiger partial charge in [0.15, 0.2) is 0 Å². The van der Waals surface area contributed by atoms with Gasteiger partial charge in [-0.2, -0.15) is 0 Å². The molecule has 0 saturated heterocycles. The Morgan fingerprint density at radius 2 is 1.71 bits per heavy atom. The molecule has 0 rings (SSSR count). The van der Waals surface area contributed by atoms with E-state index in [-0.39, 0.29) is 37.0 Å². The molecule has 0 aromatic carbocycles. The Morgan fingerprint density at radius 1 is 1.05 bits per heavy atom. The van der Waals surface area contributed by atoms with Gasteiger partial charge in [0, 0.05) is 13.7 Å². The topological polar surface area (TPSA) is 82.1 Å². The standard InChI is InChI=1S/C15H28O6/c1-4-13(15(18)21-10-9-19-3)11-12(2)14(17)20-8-6-5-7-16/h12-13,16H,4-11H2,1-3H3. The lowest BCUT2D eigenvalue weighted by Gasteiger charge is -2.18. The molecule has 0 radical (unpaired) electrons. The van der Waals surface area contributed by atoms with Crippen molar-refractivity contribution in [3.05, 3.63) is 0 Å². The van der Waals surface area contributed by atoms with Crippen molar-refractivity contribution < 1.29 is 28.9 Å². The van der Waals surface area contributed by atoms with E-state index >= 15 is 0 Å². The van der Waals surface area contributed by atoms with Crippen molar-refractivity contribution in [2.24, 2.45) is 11.8 Å². The molecular weight excluding hydrogens is 276 g/mol. The number of carbonyl (C=O) groups excluding carboxylic acids is 2. The SMILES string of the molecule is CCC(CC(C)C(=O)OCCCCO)C(=O)OCCOC. The minimum Gasteiger partial charge on any atom is -0.465 e. The van der Waals surface area contributed by atoms with Gasteiger partial charge < -0.3 is 19.3 Å². The summed E-state index contributed by atoms with van der Waals surface area (Å²) in [5.41, 5.74) is 0. The normalized spacial score (nSPS) is 13.5. The van der Waals surface area contributed by atoms with E-state index in [2.05, 4.69) is 0 Å². The largest absolute Gasteiger partial charge is 0.465 e. The number of aliphatic hydroxyl groups excluding tert-OH is 1. The summed E-state index contributed by atoms with van der Waals surface area (Å²) in [6, 6.07) is 0. The van der Waals surface area contributed by atoms with E-state index < -0.39 is 0 Å². The molecule has 0 aliphatic carbocycles. The molecule has 0 amide bonds. The maximum atomic E-state index is 11.8. The molecule has 0 aromatic rings. The van der Waals surface area contributed by atoms with Crippen LogP contribution in [0.5, 0.6) is 0 Å². The van der Waals surface area contributed by atoms with Crippen LogP contribution in [0.4, 0.5) is 0 Å². The monoisotopic (exact) mass is 304 g/mol. The zero-order valence-electron chi connectivity index (χ0n) is 13.3. The Hall–Kier alpha value is -1.14. The lowest BCUT2D eigenvalue weighted by molar-refractivity contribution is -0.153. The number of carbonyl (C=O) groups is 2. The highest BCUT2D eigenvalue weighted by atomic mass is 16.6. The van der Waals surface area contributed by atoms with Crippen molar-refractivity contribution in [2.45, 2.75) is 39.5 Å². The molecule has 2 unspecified atom stereocenters. The summed E-state index contributed by atoms with van der Waals surface area (Å²) in [7, 11) is 1.54. The molecule has 0 bridgehead atoms. The van der Waals surface area contributed by atoms with Crippen LogP contribution < -0.4 is 0 Å². The summed E-state index contributed by atoms with van der Waals surface area (Å²) in [6.07, 6.45) is 2.30. The van der Waals surface area contributed by atoms with Crippen LogP contribution in [0.25, 0.3) is 0 Å². The molecule has 0 aliphatic rings. The van der Waals surface area contributed by atoms with Crippen LogP contribution in [0, 0.1) is 11.8 Å². The van der Waals surface area contributed by atoms with Gasteiger partial charge in [0.25, 0.3) is 0 Å². The predicted octanol–water partition coefficient (Wildman–Crippen LogP) is 1.54. The summed E-state index contributed by atoms with van der Waals surface area (Å²) in [5, 5.41) is 8.64. The Morgan fingerprint density at radius 3 is 2.29 bits per heavy atom. The van der Waals surface area contributed by atoms with Crippen LogP contribution in [-0.2, 0) is 23.8 Å². The Bertz CT molecular complexity index is 292. The second kappa shape index (κ2) is 12.6. The summed E-state index contributed by atoms with van der Waals surface area (Å²) < 4.78 is 15.0. The first-order chi connectivity index (χ1) is 10.1. The number of unbranched alkanes of at least 4 members (excludes halogenated alkanes) is 1. The second-order valence-electron chi connectivity index (χ2n) is 5.00. The van der Waals surface area contributed by atoms with Crippen molar-refractivity contribution in [3.8, 4) is 0 Å². The summed E-state index contributed by atoms with van der Waals surface area (Å²) in [4.78, 5) is 23.6. The first kappa shape index (κ1) is 19.9. The van der Waals surface area contributed by atoms with E-state index in [4.69, 9.17) is 19.3 Å². The Kier molecular flexibility index (Phi) is 11.9. The van der Waals surface area contributed by atoms with E-state index in [0.29, 0.717) is 38.9 Å². The number of rotatable bonds is 12. The number of hydrogen-bond donors (Lipinski definition) is 1. The van der Waals surface area contributed by atoms with Gasteiger partial charge in [0.2, 0.25) is 0 Å². The molecule has 6 heteroatoms. The number of methoxy groups -OCH3 is 1. The second-order valence-corrected chi connectivity index (χ2v) is 5.00. The maximum Gasteiger partial charge on any atom is 0.309 e. The lowest BCUT2D eigenvalue weighted by atomic mass is 9.94. The number of hydrogen-bond acceptors (Lipinski definition) is 6. The Labute approximate surface area is 126 Å². The highest BCUT2D eigenvalue weighted by molar-refractivity contribution is 5.75. The van der Waals surface area contributed by atoms with Crippen molar-refractivity contribution in [3.63, 3.8) is 0 Å². The zero-order chi connectivity index (χ0) is 16.1. The average Bonchev–Trinajstić information content (AvgIpc) is 2.48. The quantitative estimate of drug-likeness (QED) is 0.435. The number of ether oxygens (including phenoxy) is 3. The first-order valence-electron chi connectivity index (χ1n) is 7.49. The van der Waals surface area contributed by atoms with Crippen molar-refractivity contribution in [1.82, 2.24) is 0 Å². The molecule has 2 atom stereocenters. The minimum absolute atomic E-state index is 0.0956. The minimum atomic E-state index is -0.348. The Balaban J connectivity index is 4.08. The van der Waals surface area contributed by atoms with Crippen LogP contribution in [0.1, 0.15) is 39.5 Å². The number of esters is 2. The molecule has 0 aromatic heterocycles.